The van der Waals surface area contributed by atoms with Crippen molar-refractivity contribution in [3.63, 3.8) is 0 Å². The third-order valence-electron chi connectivity index (χ3n) is 2.68. The number of hydrogen-bond donors (Lipinski definition) is 3. The largest absolute Gasteiger partial charge is 0.481 e. The van der Waals surface area contributed by atoms with Gasteiger partial charge in [-0.3, -0.25) is 4.79 Å². The molecule has 0 spiro atoms. The molecule has 2 amide bonds. The second kappa shape index (κ2) is 5.58. The van der Waals surface area contributed by atoms with Gasteiger partial charge < -0.3 is 15.7 Å². The number of urea groups is 1. The second-order valence-electron chi connectivity index (χ2n) is 4.01. The van der Waals surface area contributed by atoms with Crippen molar-refractivity contribution in [2.45, 2.75) is 51.1 Å². The highest BCUT2D eigenvalue weighted by atomic mass is 16.4. The molecule has 2 atom stereocenters. The van der Waals surface area contributed by atoms with Gasteiger partial charge in [0.1, 0.15) is 0 Å². The number of unbranched alkanes of at least 4 members (excludes halogenated alkanes) is 2. The van der Waals surface area contributed by atoms with E-state index in [1.807, 2.05) is 6.92 Å². The van der Waals surface area contributed by atoms with E-state index in [0.717, 1.165) is 25.7 Å². The third kappa shape index (κ3) is 4.18. The van der Waals surface area contributed by atoms with Gasteiger partial charge in [0.25, 0.3) is 0 Å². The van der Waals surface area contributed by atoms with Gasteiger partial charge in [-0.2, -0.15) is 0 Å². The van der Waals surface area contributed by atoms with Crippen LogP contribution in [-0.2, 0) is 4.79 Å². The van der Waals surface area contributed by atoms with E-state index in [1.165, 1.54) is 0 Å². The first-order valence-electron chi connectivity index (χ1n) is 5.38. The van der Waals surface area contributed by atoms with Gasteiger partial charge in [-0.1, -0.05) is 12.8 Å². The van der Waals surface area contributed by atoms with Crippen molar-refractivity contribution in [3.8, 4) is 0 Å². The summed E-state index contributed by atoms with van der Waals surface area (Å²) in [4.78, 5) is 21.2. The van der Waals surface area contributed by atoms with Gasteiger partial charge in [0.05, 0.1) is 6.04 Å². The number of carboxylic acid groups (broad SMARTS) is 1. The molecule has 0 radical (unpaired) electrons. The molecule has 0 aromatic rings. The molecule has 1 fully saturated rings. The van der Waals surface area contributed by atoms with E-state index in [0.29, 0.717) is 0 Å². The predicted octanol–water partition coefficient (Wildman–Crippen LogP) is 1.09. The van der Waals surface area contributed by atoms with Crippen LogP contribution in [0.3, 0.4) is 0 Å². The normalized spacial score (nSPS) is 24.7. The van der Waals surface area contributed by atoms with E-state index >= 15 is 0 Å². The SMILES string of the molecule is C[C@H]1NC(=O)N[C@@H]1CCCCCC(=O)O. The van der Waals surface area contributed by atoms with Crippen LogP contribution in [0.1, 0.15) is 39.0 Å². The lowest BCUT2D eigenvalue weighted by Gasteiger charge is -2.13. The van der Waals surface area contributed by atoms with Crippen LogP contribution in [0.4, 0.5) is 4.79 Å². The average Bonchev–Trinajstić information content (AvgIpc) is 2.44. The van der Waals surface area contributed by atoms with Gasteiger partial charge in [-0.15, -0.1) is 0 Å². The van der Waals surface area contributed by atoms with Crippen molar-refractivity contribution in [3.05, 3.63) is 0 Å². The average molecular weight is 214 g/mol. The van der Waals surface area contributed by atoms with Crippen molar-refractivity contribution in [1.29, 1.82) is 0 Å². The van der Waals surface area contributed by atoms with Crippen LogP contribution < -0.4 is 10.6 Å². The van der Waals surface area contributed by atoms with E-state index in [4.69, 9.17) is 5.11 Å². The standard InChI is InChI=1S/C10H18N2O3/c1-7-8(12-10(15)11-7)5-3-2-4-6-9(13)14/h7-8H,2-6H2,1H3,(H,13,14)(H2,11,12,15)/t7-,8-/m1/s1. The van der Waals surface area contributed by atoms with Crippen molar-refractivity contribution in [1.82, 2.24) is 10.6 Å². The van der Waals surface area contributed by atoms with Crippen LogP contribution in [0.2, 0.25) is 0 Å². The zero-order valence-electron chi connectivity index (χ0n) is 8.95. The number of hydrogen-bond acceptors (Lipinski definition) is 2. The number of nitrogens with one attached hydrogen (secondary N) is 2. The summed E-state index contributed by atoms with van der Waals surface area (Å²) in [6, 6.07) is 0.275. The highest BCUT2D eigenvalue weighted by molar-refractivity contribution is 5.77. The Hall–Kier alpha value is -1.26. The van der Waals surface area contributed by atoms with Crippen molar-refractivity contribution in [2.24, 2.45) is 0 Å². The number of carbonyl (C=O) groups is 2. The summed E-state index contributed by atoms with van der Waals surface area (Å²) in [5.41, 5.74) is 0. The lowest BCUT2D eigenvalue weighted by atomic mass is 10.0. The predicted molar refractivity (Wildman–Crippen MR) is 55.6 cm³/mol. The lowest BCUT2D eigenvalue weighted by molar-refractivity contribution is -0.137. The number of amides is 2. The molecule has 0 aromatic carbocycles. The summed E-state index contributed by atoms with van der Waals surface area (Å²) in [7, 11) is 0. The maximum Gasteiger partial charge on any atom is 0.315 e. The Balaban J connectivity index is 2.05. The lowest BCUT2D eigenvalue weighted by Crippen LogP contribution is -2.30. The maximum absolute atomic E-state index is 10.9. The van der Waals surface area contributed by atoms with Crippen LogP contribution in [0.5, 0.6) is 0 Å². The Morgan fingerprint density at radius 1 is 1.33 bits per heavy atom. The minimum Gasteiger partial charge on any atom is -0.481 e. The fraction of sp³-hybridized carbons (Fsp3) is 0.800. The smallest absolute Gasteiger partial charge is 0.315 e. The van der Waals surface area contributed by atoms with Gasteiger partial charge in [-0.25, -0.2) is 4.79 Å². The molecule has 0 aromatic heterocycles. The van der Waals surface area contributed by atoms with E-state index in [9.17, 15) is 9.59 Å². The van der Waals surface area contributed by atoms with Gasteiger partial charge in [0.15, 0.2) is 0 Å². The van der Waals surface area contributed by atoms with Gasteiger partial charge in [0, 0.05) is 12.5 Å². The van der Waals surface area contributed by atoms with Crippen molar-refractivity contribution in [2.75, 3.05) is 0 Å². The summed E-state index contributed by atoms with van der Waals surface area (Å²) < 4.78 is 0. The van der Waals surface area contributed by atoms with Crippen molar-refractivity contribution < 1.29 is 14.7 Å². The monoisotopic (exact) mass is 214 g/mol. The Kier molecular flexibility index (Phi) is 4.39. The molecule has 5 nitrogen and oxygen atoms in total. The van der Waals surface area contributed by atoms with Crippen LogP contribution in [0.25, 0.3) is 0 Å². The van der Waals surface area contributed by atoms with Crippen LogP contribution in [0, 0.1) is 0 Å². The van der Waals surface area contributed by atoms with E-state index in [1.54, 1.807) is 0 Å². The molecule has 1 rings (SSSR count). The molecule has 0 bridgehead atoms. The van der Waals surface area contributed by atoms with E-state index < -0.39 is 5.97 Å². The molecule has 0 unspecified atom stereocenters. The molecular formula is C10H18N2O3. The second-order valence-corrected chi connectivity index (χ2v) is 4.01. The number of aliphatic carboxylic acids is 1. The molecule has 1 heterocycles. The van der Waals surface area contributed by atoms with Crippen LogP contribution >= 0.6 is 0 Å². The molecule has 3 N–H and O–H groups in total. The Morgan fingerprint density at radius 3 is 2.60 bits per heavy atom. The zero-order chi connectivity index (χ0) is 11.3. The number of rotatable bonds is 6. The van der Waals surface area contributed by atoms with Gasteiger partial charge in [0.2, 0.25) is 0 Å². The first-order chi connectivity index (χ1) is 7.09. The topological polar surface area (TPSA) is 78.4 Å². The molecular weight excluding hydrogens is 196 g/mol. The fourth-order valence-corrected chi connectivity index (χ4v) is 1.78. The summed E-state index contributed by atoms with van der Waals surface area (Å²) in [5.74, 6) is -0.737. The van der Waals surface area contributed by atoms with Gasteiger partial charge >= 0.3 is 12.0 Å². The summed E-state index contributed by atoms with van der Waals surface area (Å²) in [6.07, 6.45) is 3.75. The Labute approximate surface area is 89.2 Å². The number of carbonyl (C=O) groups excluding carboxylic acids is 1. The zero-order valence-corrected chi connectivity index (χ0v) is 8.95. The molecule has 0 aliphatic carbocycles. The molecule has 0 saturated carbocycles. The van der Waals surface area contributed by atoms with E-state index in [-0.39, 0.29) is 24.5 Å². The Morgan fingerprint density at radius 2 is 2.07 bits per heavy atom. The van der Waals surface area contributed by atoms with Crippen LogP contribution in [-0.4, -0.2) is 29.2 Å². The Bertz CT molecular complexity index is 243. The minimum absolute atomic E-state index is 0.0990. The summed E-state index contributed by atoms with van der Waals surface area (Å²) in [5, 5.41) is 14.1. The maximum atomic E-state index is 10.9. The highest BCUT2D eigenvalue weighted by Gasteiger charge is 2.26. The molecule has 15 heavy (non-hydrogen) atoms. The van der Waals surface area contributed by atoms with Crippen molar-refractivity contribution >= 4 is 12.0 Å². The molecule has 1 aliphatic rings. The molecule has 5 heteroatoms. The third-order valence-corrected chi connectivity index (χ3v) is 2.68. The van der Waals surface area contributed by atoms with Gasteiger partial charge in [-0.05, 0) is 19.8 Å². The number of carboxylic acids is 1. The summed E-state index contributed by atoms with van der Waals surface area (Å²) in [6.45, 7) is 1.97. The first kappa shape index (κ1) is 11.8. The quantitative estimate of drug-likeness (QED) is 0.579. The molecule has 1 aliphatic heterocycles. The summed E-state index contributed by atoms with van der Waals surface area (Å²) >= 11 is 0. The fourth-order valence-electron chi connectivity index (χ4n) is 1.78. The molecule has 1 saturated heterocycles. The van der Waals surface area contributed by atoms with E-state index in [2.05, 4.69) is 10.6 Å². The highest BCUT2D eigenvalue weighted by Crippen LogP contribution is 2.11. The minimum atomic E-state index is -0.737. The molecule has 86 valence electrons. The van der Waals surface area contributed by atoms with Crippen LogP contribution in [0.15, 0.2) is 0 Å². The first-order valence-corrected chi connectivity index (χ1v) is 5.38.